The molecule has 0 atom stereocenters. The van der Waals surface area contributed by atoms with Crippen molar-refractivity contribution in [2.45, 2.75) is 21.9 Å². The number of ether oxygens (including phenoxy) is 2. The Morgan fingerprint density at radius 3 is 2.35 bits per heavy atom. The zero-order valence-corrected chi connectivity index (χ0v) is 18.8. The van der Waals surface area contributed by atoms with E-state index >= 15 is 0 Å². The first-order chi connectivity index (χ1) is 14.8. The maximum atomic E-state index is 12.6. The highest BCUT2D eigenvalue weighted by Crippen LogP contribution is 2.29. The fraction of sp³-hybridized carbons (Fsp3) is 0.190. The highest BCUT2D eigenvalue weighted by molar-refractivity contribution is 7.99. The van der Waals surface area contributed by atoms with Gasteiger partial charge in [-0.05, 0) is 43.3 Å². The highest BCUT2D eigenvalue weighted by Gasteiger charge is 2.20. The summed E-state index contributed by atoms with van der Waals surface area (Å²) < 4.78 is 35.7. The number of hydrogen-bond donors (Lipinski definition) is 1. The molecule has 0 spiro atoms. The zero-order chi connectivity index (χ0) is 22.4. The van der Waals surface area contributed by atoms with E-state index in [0.717, 1.165) is 17.3 Å². The predicted molar refractivity (Wildman–Crippen MR) is 118 cm³/mol. The molecule has 0 bridgehead atoms. The smallest absolute Gasteiger partial charge is 0.234 e. The number of anilines is 1. The second kappa shape index (κ2) is 9.80. The third-order valence-corrected chi connectivity index (χ3v) is 6.84. The molecule has 1 N–H and O–H groups in total. The molecule has 0 fully saturated rings. The number of nitrogens with zero attached hydrogens (tertiary/aromatic N) is 2. The largest absolute Gasteiger partial charge is 0.497 e. The van der Waals surface area contributed by atoms with Gasteiger partial charge >= 0.3 is 0 Å². The summed E-state index contributed by atoms with van der Waals surface area (Å²) in [6.07, 6.45) is 0. The number of nitrogens with one attached hydrogen (secondary N) is 1. The van der Waals surface area contributed by atoms with Gasteiger partial charge in [-0.2, -0.15) is 0 Å². The summed E-state index contributed by atoms with van der Waals surface area (Å²) in [6.45, 7) is 1.88. The van der Waals surface area contributed by atoms with Gasteiger partial charge in [0.1, 0.15) is 16.5 Å². The number of aromatic nitrogens is 2. The summed E-state index contributed by atoms with van der Waals surface area (Å²) >= 11 is 1.14. The quantitative estimate of drug-likeness (QED) is 0.511. The molecule has 8 nitrogen and oxygen atoms in total. The van der Waals surface area contributed by atoms with Crippen molar-refractivity contribution in [2.24, 2.45) is 0 Å². The highest BCUT2D eigenvalue weighted by atomic mass is 32.2. The molecule has 0 aliphatic carbocycles. The van der Waals surface area contributed by atoms with Crippen LogP contribution in [0.1, 0.15) is 5.56 Å². The normalized spacial score (nSPS) is 11.1. The summed E-state index contributed by atoms with van der Waals surface area (Å²) in [4.78, 5) is 12.5. The Balaban J connectivity index is 1.64. The number of hydrogen-bond acceptors (Lipinski definition) is 8. The summed E-state index contributed by atoms with van der Waals surface area (Å²) in [5.41, 5.74) is 1.44. The minimum atomic E-state index is -3.75. The Hall–Kier alpha value is -3.11. The van der Waals surface area contributed by atoms with Crippen LogP contribution in [0, 0.1) is 6.92 Å². The van der Waals surface area contributed by atoms with Gasteiger partial charge in [0.25, 0.3) is 0 Å². The van der Waals surface area contributed by atoms with E-state index in [4.69, 9.17) is 9.47 Å². The van der Waals surface area contributed by atoms with Crippen LogP contribution >= 0.6 is 11.8 Å². The average Bonchev–Trinajstić information content (AvgIpc) is 2.78. The summed E-state index contributed by atoms with van der Waals surface area (Å²) in [6, 6.07) is 14.5. The lowest BCUT2D eigenvalue weighted by Gasteiger charge is -2.11. The van der Waals surface area contributed by atoms with Gasteiger partial charge in [-0.3, -0.25) is 4.79 Å². The summed E-state index contributed by atoms with van der Waals surface area (Å²) in [7, 11) is -0.706. The molecule has 0 saturated carbocycles. The minimum Gasteiger partial charge on any atom is -0.497 e. The van der Waals surface area contributed by atoms with Crippen LogP contribution in [-0.2, 0) is 14.6 Å². The third kappa shape index (κ3) is 5.53. The van der Waals surface area contributed by atoms with E-state index in [2.05, 4.69) is 15.5 Å². The van der Waals surface area contributed by atoms with E-state index in [-0.39, 0.29) is 21.6 Å². The number of rotatable bonds is 8. The number of thioether (sulfide) groups is 1. The molecule has 3 rings (SSSR count). The SMILES string of the molecule is COc1ccc(OC)c(NC(=O)CSc2ccc(S(=O)(=O)c3ccc(C)cc3)nn2)c1. The summed E-state index contributed by atoms with van der Waals surface area (Å²) in [5.74, 6) is 0.860. The molecule has 3 aromatic rings. The molecular weight excluding hydrogens is 438 g/mol. The van der Waals surface area contributed by atoms with Gasteiger partial charge < -0.3 is 14.8 Å². The number of carbonyl (C=O) groups excluding carboxylic acids is 1. The van der Waals surface area contributed by atoms with E-state index < -0.39 is 9.84 Å². The number of benzene rings is 2. The Labute approximate surface area is 184 Å². The van der Waals surface area contributed by atoms with Crippen LogP contribution in [0.15, 0.2) is 69.5 Å². The molecule has 0 aliphatic rings. The van der Waals surface area contributed by atoms with Gasteiger partial charge in [0.15, 0.2) is 5.03 Å². The van der Waals surface area contributed by atoms with Crippen LogP contribution in [0.4, 0.5) is 5.69 Å². The van der Waals surface area contributed by atoms with Crippen LogP contribution in [0.5, 0.6) is 11.5 Å². The van der Waals surface area contributed by atoms with Crippen molar-refractivity contribution < 1.29 is 22.7 Å². The second-order valence-corrected chi connectivity index (χ2v) is 9.32. The van der Waals surface area contributed by atoms with Gasteiger partial charge in [0.05, 0.1) is 30.6 Å². The lowest BCUT2D eigenvalue weighted by molar-refractivity contribution is -0.113. The van der Waals surface area contributed by atoms with Crippen LogP contribution in [0.2, 0.25) is 0 Å². The van der Waals surface area contributed by atoms with E-state index in [1.54, 1.807) is 30.3 Å². The fourth-order valence-electron chi connectivity index (χ4n) is 2.60. The number of carbonyl (C=O) groups is 1. The first-order valence-corrected chi connectivity index (χ1v) is 11.6. The van der Waals surface area contributed by atoms with Gasteiger partial charge in [-0.1, -0.05) is 29.5 Å². The maximum absolute atomic E-state index is 12.6. The molecule has 0 unspecified atom stereocenters. The Morgan fingerprint density at radius 1 is 1.00 bits per heavy atom. The predicted octanol–water partition coefficient (Wildman–Crippen LogP) is 3.37. The number of aryl methyl sites for hydroxylation is 1. The molecule has 10 heteroatoms. The van der Waals surface area contributed by atoms with Gasteiger partial charge in [0.2, 0.25) is 15.7 Å². The van der Waals surface area contributed by atoms with E-state index in [0.29, 0.717) is 22.2 Å². The molecule has 31 heavy (non-hydrogen) atoms. The number of methoxy groups -OCH3 is 2. The van der Waals surface area contributed by atoms with E-state index in [9.17, 15) is 13.2 Å². The van der Waals surface area contributed by atoms with Crippen molar-refractivity contribution in [1.82, 2.24) is 10.2 Å². The molecule has 0 aliphatic heterocycles. The van der Waals surface area contributed by atoms with Crippen LogP contribution in [-0.4, -0.2) is 44.5 Å². The molecule has 1 heterocycles. The minimum absolute atomic E-state index is 0.0547. The standard InChI is InChI=1S/C21H21N3O5S2/c1-14-4-7-16(8-5-14)31(26,27)21-11-10-20(23-24-21)30-13-19(25)22-17-12-15(28-2)6-9-18(17)29-3/h4-12H,13H2,1-3H3,(H,22,25). The van der Waals surface area contributed by atoms with Crippen molar-refractivity contribution in [3.63, 3.8) is 0 Å². The molecule has 1 amide bonds. The maximum Gasteiger partial charge on any atom is 0.234 e. The van der Waals surface area contributed by atoms with Crippen molar-refractivity contribution >= 4 is 33.2 Å². The number of sulfone groups is 1. The van der Waals surface area contributed by atoms with Crippen molar-refractivity contribution in [3.8, 4) is 11.5 Å². The second-order valence-electron chi connectivity index (χ2n) is 6.43. The summed E-state index contributed by atoms with van der Waals surface area (Å²) in [5, 5.41) is 10.8. The van der Waals surface area contributed by atoms with Crippen molar-refractivity contribution in [3.05, 3.63) is 60.2 Å². The third-order valence-electron chi connectivity index (χ3n) is 4.25. The van der Waals surface area contributed by atoms with Crippen molar-refractivity contribution in [1.29, 1.82) is 0 Å². The first kappa shape index (κ1) is 22.6. The molecule has 0 radical (unpaired) electrons. The first-order valence-electron chi connectivity index (χ1n) is 9.13. The van der Waals surface area contributed by atoms with Crippen LogP contribution in [0.3, 0.4) is 0 Å². The topological polar surface area (TPSA) is 107 Å². The average molecular weight is 460 g/mol. The molecule has 0 saturated heterocycles. The molecule has 1 aromatic heterocycles. The lowest BCUT2D eigenvalue weighted by atomic mass is 10.2. The van der Waals surface area contributed by atoms with Crippen LogP contribution < -0.4 is 14.8 Å². The number of amides is 1. The Kier molecular flexibility index (Phi) is 7.13. The lowest BCUT2D eigenvalue weighted by Crippen LogP contribution is -2.15. The van der Waals surface area contributed by atoms with Gasteiger partial charge in [-0.15, -0.1) is 10.2 Å². The Morgan fingerprint density at radius 2 is 1.74 bits per heavy atom. The van der Waals surface area contributed by atoms with Gasteiger partial charge in [-0.25, -0.2) is 8.42 Å². The van der Waals surface area contributed by atoms with Crippen LogP contribution in [0.25, 0.3) is 0 Å². The molecule has 162 valence electrons. The zero-order valence-electron chi connectivity index (χ0n) is 17.2. The molecular formula is C21H21N3O5S2. The Bertz CT molecular complexity index is 1160. The molecule has 2 aromatic carbocycles. The monoisotopic (exact) mass is 459 g/mol. The van der Waals surface area contributed by atoms with E-state index in [1.807, 2.05) is 6.92 Å². The van der Waals surface area contributed by atoms with Crippen molar-refractivity contribution in [2.75, 3.05) is 25.3 Å². The van der Waals surface area contributed by atoms with Gasteiger partial charge in [0, 0.05) is 6.07 Å². The van der Waals surface area contributed by atoms with E-state index in [1.165, 1.54) is 38.5 Å². The fourth-order valence-corrected chi connectivity index (χ4v) is 4.35.